The van der Waals surface area contributed by atoms with Crippen LogP contribution in [-0.4, -0.2) is 18.3 Å². The Balaban J connectivity index is 1.76. The highest BCUT2D eigenvalue weighted by Gasteiger charge is 2.32. The quantitative estimate of drug-likeness (QED) is 0.769. The molecule has 1 saturated heterocycles. The summed E-state index contributed by atoms with van der Waals surface area (Å²) in [7, 11) is 0. The largest absolute Gasteiger partial charge is 0.314 e. The number of hydrogen-bond donors (Lipinski definition) is 1. The van der Waals surface area contributed by atoms with Crippen molar-refractivity contribution in [2.45, 2.75) is 76.4 Å². The first-order chi connectivity index (χ1) is 7.66. The van der Waals surface area contributed by atoms with Gasteiger partial charge in [0.2, 0.25) is 0 Å². The van der Waals surface area contributed by atoms with Gasteiger partial charge in [0.1, 0.15) is 5.67 Å². The number of hydrogen-bond acceptors (Lipinski definition) is 1. The van der Waals surface area contributed by atoms with Gasteiger partial charge in [0, 0.05) is 6.04 Å². The Labute approximate surface area is 99.2 Å². The molecule has 0 amide bonds. The first-order valence-corrected chi connectivity index (χ1v) is 7.08. The highest BCUT2D eigenvalue weighted by atomic mass is 19.1. The molecule has 0 radical (unpaired) electrons. The van der Waals surface area contributed by atoms with Gasteiger partial charge in [0.05, 0.1) is 0 Å². The number of nitrogens with one attached hydrogen (secondary N) is 1. The molecular weight excluding hydrogens is 201 g/mol. The molecule has 2 aliphatic rings. The first kappa shape index (κ1) is 12.3. The lowest BCUT2D eigenvalue weighted by Gasteiger charge is -2.31. The lowest BCUT2D eigenvalue weighted by molar-refractivity contribution is 0.112. The molecular formula is C14H26FN. The van der Waals surface area contributed by atoms with E-state index in [2.05, 4.69) is 5.32 Å². The van der Waals surface area contributed by atoms with Crippen molar-refractivity contribution in [3.05, 3.63) is 0 Å². The van der Waals surface area contributed by atoms with Crippen LogP contribution < -0.4 is 5.32 Å². The zero-order valence-corrected chi connectivity index (χ0v) is 10.6. The monoisotopic (exact) mass is 227 g/mol. The van der Waals surface area contributed by atoms with Gasteiger partial charge in [-0.15, -0.1) is 0 Å². The van der Waals surface area contributed by atoms with Gasteiger partial charge in [0.25, 0.3) is 0 Å². The third-order valence-electron chi connectivity index (χ3n) is 4.27. The molecule has 16 heavy (non-hydrogen) atoms. The molecule has 0 spiro atoms. The summed E-state index contributed by atoms with van der Waals surface area (Å²) in [6, 6.07) is 0.435. The molecule has 2 rings (SSSR count). The molecule has 94 valence electrons. The van der Waals surface area contributed by atoms with Crippen LogP contribution in [0.3, 0.4) is 0 Å². The SMILES string of the molecule is CC(F)(CC1CCCC1)CC1CCCCN1. The molecule has 2 unspecified atom stereocenters. The van der Waals surface area contributed by atoms with Crippen molar-refractivity contribution < 1.29 is 4.39 Å². The maximum atomic E-state index is 14.5. The maximum absolute atomic E-state index is 14.5. The molecule has 2 atom stereocenters. The fraction of sp³-hybridized carbons (Fsp3) is 1.00. The van der Waals surface area contributed by atoms with E-state index in [9.17, 15) is 4.39 Å². The van der Waals surface area contributed by atoms with Crippen LogP contribution in [0.2, 0.25) is 0 Å². The van der Waals surface area contributed by atoms with Gasteiger partial charge in [-0.25, -0.2) is 4.39 Å². The molecule has 1 N–H and O–H groups in total. The average molecular weight is 227 g/mol. The van der Waals surface area contributed by atoms with Crippen LogP contribution >= 0.6 is 0 Å². The van der Waals surface area contributed by atoms with E-state index in [1.807, 2.05) is 6.92 Å². The second-order valence-corrected chi connectivity index (χ2v) is 6.12. The molecule has 0 bridgehead atoms. The second kappa shape index (κ2) is 5.48. The zero-order valence-electron chi connectivity index (χ0n) is 10.6. The lowest BCUT2D eigenvalue weighted by atomic mass is 9.85. The Morgan fingerprint density at radius 2 is 1.75 bits per heavy atom. The minimum atomic E-state index is -0.940. The standard InChI is InChI=1S/C14H26FN/c1-14(15,10-12-6-2-3-7-12)11-13-8-4-5-9-16-13/h12-13,16H,2-11H2,1H3. The van der Waals surface area contributed by atoms with E-state index in [1.165, 1.54) is 44.9 Å². The minimum absolute atomic E-state index is 0.435. The van der Waals surface area contributed by atoms with Crippen LogP contribution in [0.5, 0.6) is 0 Å². The molecule has 1 heterocycles. The van der Waals surface area contributed by atoms with Crippen LogP contribution in [0, 0.1) is 5.92 Å². The summed E-state index contributed by atoms with van der Waals surface area (Å²) in [5.74, 6) is 0.665. The van der Waals surface area contributed by atoms with E-state index < -0.39 is 5.67 Å². The Bertz CT molecular complexity index is 203. The molecule has 0 aromatic rings. The molecule has 2 fully saturated rings. The van der Waals surface area contributed by atoms with E-state index in [0.717, 1.165) is 19.4 Å². The fourth-order valence-electron chi connectivity index (χ4n) is 3.51. The first-order valence-electron chi connectivity index (χ1n) is 7.08. The molecule has 1 aliphatic heterocycles. The Hall–Kier alpha value is -0.110. The lowest BCUT2D eigenvalue weighted by Crippen LogP contribution is -2.39. The van der Waals surface area contributed by atoms with Crippen molar-refractivity contribution in [1.82, 2.24) is 5.32 Å². The molecule has 1 aliphatic carbocycles. The van der Waals surface area contributed by atoms with E-state index >= 15 is 0 Å². The van der Waals surface area contributed by atoms with E-state index in [0.29, 0.717) is 12.0 Å². The summed E-state index contributed by atoms with van der Waals surface area (Å²) in [5.41, 5.74) is -0.940. The van der Waals surface area contributed by atoms with Crippen molar-refractivity contribution in [1.29, 1.82) is 0 Å². The van der Waals surface area contributed by atoms with Gasteiger partial charge in [0.15, 0.2) is 0 Å². The van der Waals surface area contributed by atoms with Crippen molar-refractivity contribution in [3.63, 3.8) is 0 Å². The van der Waals surface area contributed by atoms with Crippen molar-refractivity contribution in [3.8, 4) is 0 Å². The number of alkyl halides is 1. The smallest absolute Gasteiger partial charge is 0.110 e. The molecule has 2 heteroatoms. The van der Waals surface area contributed by atoms with Crippen molar-refractivity contribution >= 4 is 0 Å². The topological polar surface area (TPSA) is 12.0 Å². The number of piperidine rings is 1. The summed E-state index contributed by atoms with van der Waals surface area (Å²) in [5, 5.41) is 3.46. The summed E-state index contributed by atoms with van der Waals surface area (Å²) in [6.07, 6.45) is 10.4. The second-order valence-electron chi connectivity index (χ2n) is 6.12. The average Bonchev–Trinajstić information content (AvgIpc) is 2.70. The Morgan fingerprint density at radius 3 is 2.38 bits per heavy atom. The van der Waals surface area contributed by atoms with Gasteiger partial charge in [-0.1, -0.05) is 32.1 Å². The summed E-state index contributed by atoms with van der Waals surface area (Å²) in [6.45, 7) is 2.91. The molecule has 0 aromatic heterocycles. The molecule has 1 nitrogen and oxygen atoms in total. The molecule has 1 saturated carbocycles. The van der Waals surface area contributed by atoms with Gasteiger partial charge >= 0.3 is 0 Å². The van der Waals surface area contributed by atoms with Crippen LogP contribution in [0.1, 0.15) is 64.7 Å². The van der Waals surface area contributed by atoms with Crippen LogP contribution in [-0.2, 0) is 0 Å². The predicted octanol–water partition coefficient (Wildman–Crippen LogP) is 3.83. The Kier molecular flexibility index (Phi) is 4.23. The summed E-state index contributed by atoms with van der Waals surface area (Å²) >= 11 is 0. The van der Waals surface area contributed by atoms with Gasteiger partial charge in [-0.2, -0.15) is 0 Å². The van der Waals surface area contributed by atoms with E-state index in [-0.39, 0.29) is 0 Å². The van der Waals surface area contributed by atoms with Gasteiger partial charge in [-0.3, -0.25) is 0 Å². The summed E-state index contributed by atoms with van der Waals surface area (Å²) < 4.78 is 14.5. The van der Waals surface area contributed by atoms with E-state index in [4.69, 9.17) is 0 Å². The zero-order chi connectivity index (χ0) is 11.4. The van der Waals surface area contributed by atoms with Gasteiger partial charge in [-0.05, 0) is 45.1 Å². The summed E-state index contributed by atoms with van der Waals surface area (Å²) in [4.78, 5) is 0. The minimum Gasteiger partial charge on any atom is -0.314 e. The van der Waals surface area contributed by atoms with Crippen LogP contribution in [0.4, 0.5) is 4.39 Å². The third kappa shape index (κ3) is 3.73. The predicted molar refractivity (Wildman–Crippen MR) is 66.3 cm³/mol. The van der Waals surface area contributed by atoms with Gasteiger partial charge < -0.3 is 5.32 Å². The van der Waals surface area contributed by atoms with E-state index in [1.54, 1.807) is 0 Å². The van der Waals surface area contributed by atoms with Crippen LogP contribution in [0.25, 0.3) is 0 Å². The highest BCUT2D eigenvalue weighted by molar-refractivity contribution is 4.86. The maximum Gasteiger partial charge on any atom is 0.110 e. The molecule has 0 aromatic carbocycles. The van der Waals surface area contributed by atoms with Crippen molar-refractivity contribution in [2.24, 2.45) is 5.92 Å². The van der Waals surface area contributed by atoms with Crippen molar-refractivity contribution in [2.75, 3.05) is 6.54 Å². The third-order valence-corrected chi connectivity index (χ3v) is 4.27. The number of rotatable bonds is 4. The fourth-order valence-corrected chi connectivity index (χ4v) is 3.51. The number of halogens is 1. The van der Waals surface area contributed by atoms with Crippen LogP contribution in [0.15, 0.2) is 0 Å². The Morgan fingerprint density at radius 1 is 1.06 bits per heavy atom. The highest BCUT2D eigenvalue weighted by Crippen LogP contribution is 2.36. The normalized spacial score (nSPS) is 31.5.